The number of nitrogens with zero attached hydrogens (tertiary/aromatic N) is 4. The van der Waals surface area contributed by atoms with E-state index in [1.165, 1.54) is 6.33 Å². The molecule has 4 rings (SSSR count). The van der Waals surface area contributed by atoms with Crippen LogP contribution in [0.15, 0.2) is 35.5 Å². The minimum Gasteiger partial charge on any atom is -0.474 e. The molecule has 0 N–H and O–H groups in total. The molecule has 0 saturated carbocycles. The molecule has 2 aliphatic rings. The average molecular weight is 479 g/mol. The minimum absolute atomic E-state index is 0.0693. The van der Waals surface area contributed by atoms with Crippen molar-refractivity contribution in [2.24, 2.45) is 0 Å². The Morgan fingerprint density at radius 3 is 2.70 bits per heavy atom. The molecular formula is C22H27FN4O5S. The summed E-state index contributed by atoms with van der Waals surface area (Å²) in [5.74, 6) is 1.19. The van der Waals surface area contributed by atoms with Crippen molar-refractivity contribution in [1.29, 1.82) is 0 Å². The van der Waals surface area contributed by atoms with E-state index in [0.29, 0.717) is 49.1 Å². The zero-order valence-corrected chi connectivity index (χ0v) is 19.3. The van der Waals surface area contributed by atoms with E-state index in [9.17, 15) is 17.6 Å². The number of halogens is 1. The Hall–Kier alpha value is -2.95. The number of alkyl halides is 1. The van der Waals surface area contributed by atoms with Crippen molar-refractivity contribution in [3.63, 3.8) is 0 Å². The number of rotatable bonds is 7. The molecule has 2 aliphatic heterocycles. The van der Waals surface area contributed by atoms with Crippen LogP contribution in [-0.2, 0) is 21.0 Å². The molecule has 2 aromatic rings. The lowest BCUT2D eigenvalue weighted by atomic mass is 10.1. The summed E-state index contributed by atoms with van der Waals surface area (Å²) in [5.41, 5.74) is 1.90. The third kappa shape index (κ3) is 5.18. The molecule has 11 heteroatoms. The molecule has 1 aromatic carbocycles. The van der Waals surface area contributed by atoms with Crippen LogP contribution in [0.1, 0.15) is 25.3 Å². The number of ether oxygens (including phenoxy) is 2. The van der Waals surface area contributed by atoms with E-state index in [1.54, 1.807) is 30.0 Å². The monoisotopic (exact) mass is 478 g/mol. The van der Waals surface area contributed by atoms with Crippen molar-refractivity contribution < 1.29 is 27.1 Å². The number of aromatic nitrogens is 2. The van der Waals surface area contributed by atoms with Crippen molar-refractivity contribution >= 4 is 27.4 Å². The Labute approximate surface area is 192 Å². The summed E-state index contributed by atoms with van der Waals surface area (Å²) in [4.78, 5) is 24.4. The van der Waals surface area contributed by atoms with E-state index in [0.717, 1.165) is 17.7 Å². The maximum absolute atomic E-state index is 12.2. The number of carbonyl (C=O) groups is 1. The number of hydrogen-bond donors (Lipinski definition) is 0. The number of benzene rings is 1. The van der Waals surface area contributed by atoms with Gasteiger partial charge in [0.25, 0.3) is 0 Å². The smallest absolute Gasteiger partial charge is 0.409 e. The fraction of sp³-hybridized carbons (Fsp3) is 0.500. The highest BCUT2D eigenvalue weighted by molar-refractivity contribution is 7.91. The molecule has 3 heterocycles. The van der Waals surface area contributed by atoms with Gasteiger partial charge in [0.15, 0.2) is 9.84 Å². The first-order valence-electron chi connectivity index (χ1n) is 11.0. The van der Waals surface area contributed by atoms with Gasteiger partial charge in [-0.25, -0.2) is 27.6 Å². The number of amides is 1. The van der Waals surface area contributed by atoms with Gasteiger partial charge in [-0.1, -0.05) is 6.92 Å². The van der Waals surface area contributed by atoms with E-state index in [4.69, 9.17) is 9.47 Å². The van der Waals surface area contributed by atoms with E-state index in [-0.39, 0.29) is 18.5 Å². The van der Waals surface area contributed by atoms with Gasteiger partial charge in [-0.2, -0.15) is 0 Å². The lowest BCUT2D eigenvalue weighted by Crippen LogP contribution is -2.42. The van der Waals surface area contributed by atoms with Crippen LogP contribution >= 0.6 is 0 Å². The van der Waals surface area contributed by atoms with Crippen molar-refractivity contribution in [2.45, 2.75) is 37.2 Å². The fourth-order valence-corrected chi connectivity index (χ4v) is 4.99. The minimum atomic E-state index is -3.25. The quantitative estimate of drug-likeness (QED) is 0.599. The summed E-state index contributed by atoms with van der Waals surface area (Å²) in [6.07, 6.45) is 2.79. The number of piperidine rings is 1. The molecule has 33 heavy (non-hydrogen) atoms. The van der Waals surface area contributed by atoms with Gasteiger partial charge in [0.1, 0.15) is 31.5 Å². The first-order valence-corrected chi connectivity index (χ1v) is 12.7. The molecule has 9 nitrogen and oxygen atoms in total. The van der Waals surface area contributed by atoms with Crippen LogP contribution in [0.5, 0.6) is 5.88 Å². The Morgan fingerprint density at radius 1 is 1.18 bits per heavy atom. The van der Waals surface area contributed by atoms with Crippen LogP contribution in [-0.4, -0.2) is 74.2 Å². The Bertz CT molecular complexity index is 1110. The van der Waals surface area contributed by atoms with Crippen molar-refractivity contribution in [3.05, 3.63) is 36.2 Å². The van der Waals surface area contributed by atoms with Crippen LogP contribution in [0.3, 0.4) is 0 Å². The molecule has 178 valence electrons. The van der Waals surface area contributed by atoms with Crippen molar-refractivity contribution in [1.82, 2.24) is 14.9 Å². The molecule has 1 fully saturated rings. The third-order valence-electron chi connectivity index (χ3n) is 5.88. The zero-order valence-electron chi connectivity index (χ0n) is 18.4. The summed E-state index contributed by atoms with van der Waals surface area (Å²) in [6, 6.07) is 6.99. The molecule has 0 bridgehead atoms. The van der Waals surface area contributed by atoms with E-state index in [1.807, 2.05) is 11.0 Å². The lowest BCUT2D eigenvalue weighted by molar-refractivity contribution is 0.0632. The SMILES string of the molecule is CCS(=O)(=O)c1ccc2c(c1)CCN2c1cc(OC2CCN(C(=O)OCCF)CC2)ncn1. The molecule has 1 saturated heterocycles. The third-order valence-corrected chi connectivity index (χ3v) is 7.61. The van der Waals surface area contributed by atoms with Gasteiger partial charge in [0.05, 0.1) is 10.6 Å². The molecule has 1 amide bonds. The maximum Gasteiger partial charge on any atom is 0.409 e. The standard InChI is InChI=1S/C22H27FN4O5S/c1-2-33(29,30)18-3-4-19-16(13-18)5-11-27(19)20-14-21(25-15-24-20)32-17-6-9-26(10-7-17)22(28)31-12-8-23/h3-4,13-15,17H,2,5-12H2,1H3. The molecule has 0 aliphatic carbocycles. The first-order chi connectivity index (χ1) is 15.9. The van der Waals surface area contributed by atoms with E-state index >= 15 is 0 Å². The highest BCUT2D eigenvalue weighted by Gasteiger charge is 2.27. The summed E-state index contributed by atoms with van der Waals surface area (Å²) >= 11 is 0. The second-order valence-electron chi connectivity index (χ2n) is 7.92. The predicted octanol–water partition coefficient (Wildman–Crippen LogP) is 2.91. The first kappa shape index (κ1) is 23.2. The van der Waals surface area contributed by atoms with Crippen molar-refractivity contribution in [2.75, 3.05) is 43.6 Å². The topological polar surface area (TPSA) is 102 Å². The summed E-state index contributed by atoms with van der Waals surface area (Å²) in [5, 5.41) is 0. The molecule has 0 atom stereocenters. The molecule has 0 unspecified atom stereocenters. The van der Waals surface area contributed by atoms with Crippen LogP contribution in [0.25, 0.3) is 0 Å². The van der Waals surface area contributed by atoms with Gasteiger partial charge >= 0.3 is 6.09 Å². The van der Waals surface area contributed by atoms with Crippen LogP contribution in [0, 0.1) is 0 Å². The van der Waals surface area contributed by atoms with E-state index < -0.39 is 22.6 Å². The van der Waals surface area contributed by atoms with Gasteiger partial charge < -0.3 is 19.3 Å². The molecule has 0 radical (unpaired) electrons. The van der Waals surface area contributed by atoms with Gasteiger partial charge in [0, 0.05) is 44.2 Å². The summed E-state index contributed by atoms with van der Waals surface area (Å²) in [7, 11) is -3.25. The normalized spacial score (nSPS) is 16.5. The fourth-order valence-electron chi connectivity index (χ4n) is 4.06. The number of sulfone groups is 1. The lowest BCUT2D eigenvalue weighted by Gasteiger charge is -2.31. The second-order valence-corrected chi connectivity index (χ2v) is 10.2. The van der Waals surface area contributed by atoms with E-state index in [2.05, 4.69) is 9.97 Å². The van der Waals surface area contributed by atoms with Crippen LogP contribution in [0.4, 0.5) is 20.7 Å². The Kier molecular flexibility index (Phi) is 6.96. The average Bonchev–Trinajstić information content (AvgIpc) is 3.26. The number of carbonyl (C=O) groups excluding carboxylic acids is 1. The second kappa shape index (κ2) is 9.90. The predicted molar refractivity (Wildman–Crippen MR) is 119 cm³/mol. The zero-order chi connectivity index (χ0) is 23.4. The number of hydrogen-bond acceptors (Lipinski definition) is 8. The summed E-state index contributed by atoms with van der Waals surface area (Å²) < 4.78 is 47.4. The van der Waals surface area contributed by atoms with Crippen molar-refractivity contribution in [3.8, 4) is 5.88 Å². The largest absolute Gasteiger partial charge is 0.474 e. The van der Waals surface area contributed by atoms with Gasteiger partial charge in [-0.05, 0) is 30.2 Å². The van der Waals surface area contributed by atoms with Gasteiger partial charge in [-0.3, -0.25) is 0 Å². The highest BCUT2D eigenvalue weighted by Crippen LogP contribution is 2.36. The molecular weight excluding hydrogens is 451 g/mol. The number of anilines is 2. The Morgan fingerprint density at radius 2 is 1.97 bits per heavy atom. The number of fused-ring (bicyclic) bond motifs is 1. The summed E-state index contributed by atoms with van der Waals surface area (Å²) in [6.45, 7) is 2.34. The molecule has 1 aromatic heterocycles. The maximum atomic E-state index is 12.2. The van der Waals surface area contributed by atoms with Gasteiger partial charge in [0.2, 0.25) is 5.88 Å². The Balaban J connectivity index is 1.40. The van der Waals surface area contributed by atoms with Crippen LogP contribution in [0.2, 0.25) is 0 Å². The van der Waals surface area contributed by atoms with Gasteiger partial charge in [-0.15, -0.1) is 0 Å². The molecule has 0 spiro atoms. The highest BCUT2D eigenvalue weighted by atomic mass is 32.2. The number of likely N-dealkylation sites (tertiary alicyclic amines) is 1. The van der Waals surface area contributed by atoms with Crippen LogP contribution < -0.4 is 9.64 Å².